The van der Waals surface area contributed by atoms with Gasteiger partial charge in [-0.3, -0.25) is 0 Å². The standard InChI is InChI=1S/C27H30F3N5O/c1-16(2)15-35-9-10-36-26-22(29)11-18(12-24(26)35)25-23(30)14-32-27(34-25)33-19-3-4-20(21(28)13-19)17-5-7-31-8-6-17/h3-4,11-14,16-17,31H,5-10,15H2,1-2H3,(H,32,33,34). The molecule has 0 spiro atoms. The Morgan fingerprint density at radius 3 is 2.64 bits per heavy atom. The number of nitrogens with one attached hydrogen (secondary N) is 2. The maximum absolute atomic E-state index is 15.0. The molecule has 5 rings (SSSR count). The van der Waals surface area contributed by atoms with E-state index in [9.17, 15) is 13.2 Å². The van der Waals surface area contributed by atoms with Crippen molar-refractivity contribution >= 4 is 17.3 Å². The third-order valence-corrected chi connectivity index (χ3v) is 6.61. The first-order valence-electron chi connectivity index (χ1n) is 12.4. The molecule has 0 unspecified atom stereocenters. The van der Waals surface area contributed by atoms with Crippen LogP contribution < -0.4 is 20.3 Å². The number of ether oxygens (including phenoxy) is 1. The smallest absolute Gasteiger partial charge is 0.227 e. The topological polar surface area (TPSA) is 62.3 Å². The fourth-order valence-electron chi connectivity index (χ4n) is 4.93. The Morgan fingerprint density at radius 1 is 1.08 bits per heavy atom. The maximum Gasteiger partial charge on any atom is 0.227 e. The molecule has 0 saturated carbocycles. The Balaban J connectivity index is 1.42. The lowest BCUT2D eigenvalue weighted by Crippen LogP contribution is -2.35. The lowest BCUT2D eigenvalue weighted by molar-refractivity contribution is 0.289. The Morgan fingerprint density at radius 2 is 1.89 bits per heavy atom. The highest BCUT2D eigenvalue weighted by Crippen LogP contribution is 2.39. The van der Waals surface area contributed by atoms with Gasteiger partial charge in [0.05, 0.1) is 18.4 Å². The number of anilines is 3. The second kappa shape index (κ2) is 10.3. The summed E-state index contributed by atoms with van der Waals surface area (Å²) in [4.78, 5) is 10.4. The Hall–Kier alpha value is -3.33. The van der Waals surface area contributed by atoms with Crippen LogP contribution in [0.25, 0.3) is 11.3 Å². The van der Waals surface area contributed by atoms with Gasteiger partial charge in [-0.25, -0.2) is 23.1 Å². The Labute approximate surface area is 208 Å². The molecule has 3 heterocycles. The number of fused-ring (bicyclic) bond motifs is 1. The zero-order chi connectivity index (χ0) is 25.2. The lowest BCUT2D eigenvalue weighted by Gasteiger charge is -2.33. The maximum atomic E-state index is 15.0. The molecule has 1 saturated heterocycles. The number of rotatable bonds is 6. The summed E-state index contributed by atoms with van der Waals surface area (Å²) < 4.78 is 50.2. The van der Waals surface area contributed by atoms with Crippen LogP contribution in [0.1, 0.15) is 38.2 Å². The molecule has 0 radical (unpaired) electrons. The average Bonchev–Trinajstić information content (AvgIpc) is 2.86. The van der Waals surface area contributed by atoms with Crippen LogP contribution in [-0.4, -0.2) is 42.8 Å². The average molecular weight is 498 g/mol. The van der Waals surface area contributed by atoms with Gasteiger partial charge in [-0.1, -0.05) is 19.9 Å². The highest BCUT2D eigenvalue weighted by molar-refractivity contribution is 5.73. The fraction of sp³-hybridized carbons (Fsp3) is 0.407. The largest absolute Gasteiger partial charge is 0.486 e. The molecule has 3 aromatic rings. The van der Waals surface area contributed by atoms with Crippen LogP contribution in [0.4, 0.5) is 30.5 Å². The van der Waals surface area contributed by atoms with Crippen molar-refractivity contribution < 1.29 is 17.9 Å². The van der Waals surface area contributed by atoms with Gasteiger partial charge in [0.25, 0.3) is 0 Å². The quantitative estimate of drug-likeness (QED) is 0.461. The molecule has 2 aliphatic heterocycles. The van der Waals surface area contributed by atoms with Crippen LogP contribution in [0.5, 0.6) is 5.75 Å². The van der Waals surface area contributed by atoms with Gasteiger partial charge in [0.1, 0.15) is 18.1 Å². The third-order valence-electron chi connectivity index (χ3n) is 6.61. The number of hydrogen-bond donors (Lipinski definition) is 2. The van der Waals surface area contributed by atoms with E-state index in [0.717, 1.165) is 38.7 Å². The van der Waals surface area contributed by atoms with Crippen LogP contribution in [0.3, 0.4) is 0 Å². The van der Waals surface area contributed by atoms with Gasteiger partial charge < -0.3 is 20.3 Å². The van der Waals surface area contributed by atoms with Gasteiger partial charge in [0.15, 0.2) is 17.4 Å². The molecule has 0 bridgehead atoms. The Kier molecular flexibility index (Phi) is 7.00. The van der Waals surface area contributed by atoms with Crippen molar-refractivity contribution in [1.29, 1.82) is 0 Å². The molecule has 1 fully saturated rings. The van der Waals surface area contributed by atoms with E-state index in [1.54, 1.807) is 18.2 Å². The minimum atomic E-state index is -0.681. The lowest BCUT2D eigenvalue weighted by atomic mass is 9.90. The molecular formula is C27H30F3N5O. The molecule has 2 N–H and O–H groups in total. The van der Waals surface area contributed by atoms with Crippen LogP contribution >= 0.6 is 0 Å². The predicted octanol–water partition coefficient (Wildman–Crippen LogP) is 5.63. The number of aromatic nitrogens is 2. The first-order valence-corrected chi connectivity index (χ1v) is 12.4. The molecule has 2 aliphatic rings. The minimum absolute atomic E-state index is 0.0453. The van der Waals surface area contributed by atoms with Crippen molar-refractivity contribution in [2.45, 2.75) is 32.6 Å². The molecule has 1 aromatic heterocycles. The normalized spacial score (nSPS) is 16.1. The first kappa shape index (κ1) is 24.4. The number of benzene rings is 2. The summed E-state index contributed by atoms with van der Waals surface area (Å²) in [5.74, 6) is -0.741. The molecule has 36 heavy (non-hydrogen) atoms. The molecule has 2 aromatic carbocycles. The summed E-state index contributed by atoms with van der Waals surface area (Å²) in [6.07, 6.45) is 2.82. The summed E-state index contributed by atoms with van der Waals surface area (Å²) in [6.45, 7) is 7.64. The van der Waals surface area contributed by atoms with Crippen LogP contribution in [-0.2, 0) is 0 Å². The summed E-state index contributed by atoms with van der Waals surface area (Å²) in [5.41, 5.74) is 1.96. The molecular weight excluding hydrogens is 467 g/mol. The van der Waals surface area contributed by atoms with Crippen LogP contribution in [0, 0.1) is 23.4 Å². The van der Waals surface area contributed by atoms with E-state index in [0.29, 0.717) is 36.0 Å². The highest BCUT2D eigenvalue weighted by atomic mass is 19.1. The third kappa shape index (κ3) is 5.11. The highest BCUT2D eigenvalue weighted by Gasteiger charge is 2.25. The van der Waals surface area contributed by atoms with Gasteiger partial charge in [-0.05, 0) is 67.6 Å². The zero-order valence-electron chi connectivity index (χ0n) is 20.5. The number of piperidine rings is 1. The van der Waals surface area contributed by atoms with Gasteiger partial charge in [-0.2, -0.15) is 0 Å². The fourth-order valence-corrected chi connectivity index (χ4v) is 4.93. The zero-order valence-corrected chi connectivity index (χ0v) is 20.5. The second-order valence-corrected chi connectivity index (χ2v) is 9.77. The van der Waals surface area contributed by atoms with E-state index in [1.807, 2.05) is 4.90 Å². The number of nitrogens with zero attached hydrogens (tertiary/aromatic N) is 3. The second-order valence-electron chi connectivity index (χ2n) is 9.77. The SMILES string of the molecule is CC(C)CN1CCOc2c(F)cc(-c3nc(Nc4ccc(C5CCNCC5)c(F)c4)ncc3F)cc21. The van der Waals surface area contributed by atoms with E-state index in [1.165, 1.54) is 12.1 Å². The van der Waals surface area contributed by atoms with Gasteiger partial charge >= 0.3 is 0 Å². The summed E-state index contributed by atoms with van der Waals surface area (Å²) in [7, 11) is 0. The number of halogens is 3. The molecule has 0 aliphatic carbocycles. The molecule has 190 valence electrons. The Bertz CT molecular complexity index is 1250. The van der Waals surface area contributed by atoms with Crippen molar-refractivity contribution in [3.63, 3.8) is 0 Å². The van der Waals surface area contributed by atoms with Crippen molar-refractivity contribution in [2.24, 2.45) is 5.92 Å². The number of hydrogen-bond acceptors (Lipinski definition) is 6. The monoisotopic (exact) mass is 497 g/mol. The van der Waals surface area contributed by atoms with Gasteiger partial charge in [0, 0.05) is 17.8 Å². The van der Waals surface area contributed by atoms with E-state index < -0.39 is 11.6 Å². The summed E-state index contributed by atoms with van der Waals surface area (Å²) in [6, 6.07) is 7.87. The first-order chi connectivity index (χ1) is 17.4. The van der Waals surface area contributed by atoms with Crippen molar-refractivity contribution in [3.8, 4) is 17.0 Å². The summed E-state index contributed by atoms with van der Waals surface area (Å²) >= 11 is 0. The summed E-state index contributed by atoms with van der Waals surface area (Å²) in [5, 5.41) is 6.24. The van der Waals surface area contributed by atoms with E-state index in [2.05, 4.69) is 34.4 Å². The minimum Gasteiger partial charge on any atom is -0.486 e. The van der Waals surface area contributed by atoms with Crippen LogP contribution in [0.2, 0.25) is 0 Å². The van der Waals surface area contributed by atoms with Crippen molar-refractivity contribution in [2.75, 3.05) is 43.0 Å². The molecule has 9 heteroatoms. The molecule has 0 amide bonds. The van der Waals surface area contributed by atoms with Crippen LogP contribution in [0.15, 0.2) is 36.5 Å². The molecule has 6 nitrogen and oxygen atoms in total. The van der Waals surface area contributed by atoms with E-state index in [-0.39, 0.29) is 34.7 Å². The van der Waals surface area contributed by atoms with E-state index in [4.69, 9.17) is 4.74 Å². The predicted molar refractivity (Wildman–Crippen MR) is 134 cm³/mol. The van der Waals surface area contributed by atoms with Crippen molar-refractivity contribution in [3.05, 3.63) is 59.5 Å². The van der Waals surface area contributed by atoms with E-state index >= 15 is 0 Å². The van der Waals surface area contributed by atoms with Crippen molar-refractivity contribution in [1.82, 2.24) is 15.3 Å². The van der Waals surface area contributed by atoms with Gasteiger partial charge in [0.2, 0.25) is 5.95 Å². The van der Waals surface area contributed by atoms with Gasteiger partial charge in [-0.15, -0.1) is 0 Å². The molecule has 0 atom stereocenters.